The van der Waals surface area contributed by atoms with E-state index >= 15 is 0 Å². The van der Waals surface area contributed by atoms with Gasteiger partial charge in [-0.05, 0) is 90.5 Å². The number of anilines is 3. The van der Waals surface area contributed by atoms with Gasteiger partial charge in [-0.15, -0.1) is 11.8 Å². The van der Waals surface area contributed by atoms with E-state index < -0.39 is 17.1 Å². The minimum Gasteiger partial charge on any atom is -0.457 e. The first-order valence-corrected chi connectivity index (χ1v) is 18.1. The van der Waals surface area contributed by atoms with Gasteiger partial charge in [0.05, 0.1) is 0 Å². The van der Waals surface area contributed by atoms with E-state index in [0.717, 1.165) is 20.5 Å². The maximum absolute atomic E-state index is 13.7. The van der Waals surface area contributed by atoms with Crippen LogP contribution in [0.15, 0.2) is 165 Å². The number of thioether (sulfide) groups is 1. The fourth-order valence-electron chi connectivity index (χ4n) is 5.18. The van der Waals surface area contributed by atoms with Crippen molar-refractivity contribution in [1.82, 2.24) is 5.32 Å². The minimum absolute atomic E-state index is 0.0140. The summed E-state index contributed by atoms with van der Waals surface area (Å²) in [6.07, 6.45) is 1.49. The highest BCUT2D eigenvalue weighted by Gasteiger charge is 2.23. The normalized spacial score (nSPS) is 11.6. The third kappa shape index (κ3) is 10.2. The van der Waals surface area contributed by atoms with Crippen molar-refractivity contribution in [3.8, 4) is 11.3 Å². The summed E-state index contributed by atoms with van der Waals surface area (Å²) in [5.41, 5.74) is 3.74. The van der Waals surface area contributed by atoms with Crippen LogP contribution >= 0.6 is 27.7 Å². The molecule has 0 radical (unpaired) electrons. The number of carbonyl (C=O) groups excluding carboxylic acids is 4. The zero-order valence-corrected chi connectivity index (χ0v) is 30.7. The Morgan fingerprint density at radius 1 is 0.660 bits per heavy atom. The smallest absolute Gasteiger partial charge is 0.272 e. The van der Waals surface area contributed by atoms with Crippen LogP contribution < -0.4 is 21.3 Å². The average molecular weight is 786 g/mol. The second-order valence-electron chi connectivity index (χ2n) is 11.7. The van der Waals surface area contributed by atoms with Crippen LogP contribution in [-0.4, -0.2) is 23.6 Å². The zero-order valence-electron chi connectivity index (χ0n) is 28.3. The van der Waals surface area contributed by atoms with Crippen LogP contribution in [0.3, 0.4) is 0 Å². The molecule has 9 nitrogen and oxygen atoms in total. The Morgan fingerprint density at radius 2 is 1.25 bits per heavy atom. The van der Waals surface area contributed by atoms with Gasteiger partial charge in [0.25, 0.3) is 11.8 Å². The molecule has 1 heterocycles. The Kier molecular flexibility index (Phi) is 12.0. The van der Waals surface area contributed by atoms with Crippen LogP contribution in [0.25, 0.3) is 17.4 Å². The average Bonchev–Trinajstić information content (AvgIpc) is 3.64. The van der Waals surface area contributed by atoms with Crippen LogP contribution in [0.5, 0.6) is 0 Å². The summed E-state index contributed by atoms with van der Waals surface area (Å²) in [5, 5.41) is 10.7. The molecular weight excluding hydrogens is 752 g/mol. The maximum atomic E-state index is 13.7. The maximum Gasteiger partial charge on any atom is 0.272 e. The molecule has 1 aromatic heterocycles. The van der Waals surface area contributed by atoms with Gasteiger partial charge in [0.1, 0.15) is 22.5 Å². The molecule has 0 aliphatic heterocycles. The SMILES string of the molecule is CC(=O)Nc1ccc(NC(=O)[C@@H](Sc2ccc(NC(=O)/C(=C/c3ccc(-c4ccc(Br)cc4)o3)NC(=O)c3ccccc3)cc2)c2ccccc2)cc1. The minimum atomic E-state index is -0.593. The number of carbonyl (C=O) groups is 4. The summed E-state index contributed by atoms with van der Waals surface area (Å²) >= 11 is 4.80. The lowest BCUT2D eigenvalue weighted by Crippen LogP contribution is -2.30. The van der Waals surface area contributed by atoms with Crippen molar-refractivity contribution in [1.29, 1.82) is 0 Å². The lowest BCUT2D eigenvalue weighted by molar-refractivity contribution is -0.116. The number of furan rings is 1. The molecular formula is C42H33BrN4O5S. The molecule has 0 spiro atoms. The fourth-order valence-corrected chi connectivity index (χ4v) is 6.47. The molecule has 4 N–H and O–H groups in total. The highest BCUT2D eigenvalue weighted by atomic mass is 79.9. The number of nitrogens with one attached hydrogen (secondary N) is 4. The van der Waals surface area contributed by atoms with Crippen molar-refractivity contribution in [2.24, 2.45) is 0 Å². The summed E-state index contributed by atoms with van der Waals surface area (Å²) in [6.45, 7) is 1.43. The number of benzene rings is 5. The van der Waals surface area contributed by atoms with E-state index in [4.69, 9.17) is 4.42 Å². The molecule has 1 atom stereocenters. The molecule has 11 heteroatoms. The van der Waals surface area contributed by atoms with Crippen LogP contribution in [0, 0.1) is 0 Å². The standard InChI is InChI=1S/C42H33BrN4O5S/c1-27(48)44-32-16-18-33(19-17-32)46-42(51)39(29-8-4-2-5-9-29)53-36-23-20-34(21-24-36)45-41(50)37(47-40(49)30-10-6-3-7-11-30)26-35-22-25-38(52-35)28-12-14-31(43)15-13-28/h2-26,39H,1H3,(H,44,48)(H,45,50)(H,46,51)(H,47,49)/b37-26-/t39-/m0/s1. The molecule has 264 valence electrons. The molecule has 5 aromatic carbocycles. The second-order valence-corrected chi connectivity index (χ2v) is 13.8. The molecule has 4 amide bonds. The first-order valence-electron chi connectivity index (χ1n) is 16.5. The molecule has 53 heavy (non-hydrogen) atoms. The van der Waals surface area contributed by atoms with Crippen LogP contribution in [-0.2, 0) is 14.4 Å². The first kappa shape index (κ1) is 36.6. The van der Waals surface area contributed by atoms with Crippen molar-refractivity contribution in [2.45, 2.75) is 17.1 Å². The molecule has 0 saturated heterocycles. The number of hydrogen-bond acceptors (Lipinski definition) is 6. The van der Waals surface area contributed by atoms with Crippen LogP contribution in [0.1, 0.15) is 33.9 Å². The molecule has 0 saturated carbocycles. The Hall–Kier alpha value is -6.17. The molecule has 0 bridgehead atoms. The van der Waals surface area contributed by atoms with Crippen molar-refractivity contribution < 1.29 is 23.6 Å². The third-order valence-corrected chi connectivity index (χ3v) is 9.55. The molecule has 6 rings (SSSR count). The first-order chi connectivity index (χ1) is 25.7. The molecule has 0 aliphatic rings. The Morgan fingerprint density at radius 3 is 1.89 bits per heavy atom. The van der Waals surface area contributed by atoms with E-state index in [0.29, 0.717) is 34.1 Å². The van der Waals surface area contributed by atoms with E-state index in [1.807, 2.05) is 66.7 Å². The Labute approximate surface area is 319 Å². The van der Waals surface area contributed by atoms with Gasteiger partial charge in [0.15, 0.2) is 0 Å². The predicted octanol–water partition coefficient (Wildman–Crippen LogP) is 9.55. The summed E-state index contributed by atoms with van der Waals surface area (Å²) in [6, 6.07) is 43.2. The van der Waals surface area contributed by atoms with Gasteiger partial charge in [-0.1, -0.05) is 76.6 Å². The van der Waals surface area contributed by atoms with Crippen molar-refractivity contribution >= 4 is 74.5 Å². The fraction of sp³-hybridized carbons (Fsp3) is 0.0476. The summed E-state index contributed by atoms with van der Waals surface area (Å²) in [7, 11) is 0. The lowest BCUT2D eigenvalue weighted by Gasteiger charge is -2.18. The molecule has 6 aromatic rings. The van der Waals surface area contributed by atoms with Gasteiger partial charge < -0.3 is 25.7 Å². The number of rotatable bonds is 12. The van der Waals surface area contributed by atoms with Gasteiger partial charge in [0.2, 0.25) is 11.8 Å². The number of hydrogen-bond donors (Lipinski definition) is 4. The van der Waals surface area contributed by atoms with Crippen LogP contribution in [0.2, 0.25) is 0 Å². The highest BCUT2D eigenvalue weighted by molar-refractivity contribution is 9.10. The third-order valence-electron chi connectivity index (χ3n) is 7.75. The Bertz CT molecular complexity index is 2240. The molecule has 0 aliphatic carbocycles. The quantitative estimate of drug-likeness (QED) is 0.0723. The second kappa shape index (κ2) is 17.4. The molecule has 0 unspecified atom stereocenters. The highest BCUT2D eigenvalue weighted by Crippen LogP contribution is 2.37. The summed E-state index contributed by atoms with van der Waals surface area (Å²) < 4.78 is 6.96. The van der Waals surface area contributed by atoms with E-state index in [2.05, 4.69) is 37.2 Å². The summed E-state index contributed by atoms with van der Waals surface area (Å²) in [5.74, 6) is -0.430. The van der Waals surface area contributed by atoms with E-state index in [1.54, 1.807) is 78.9 Å². The number of halogens is 1. The van der Waals surface area contributed by atoms with Gasteiger partial charge >= 0.3 is 0 Å². The van der Waals surface area contributed by atoms with E-state index in [9.17, 15) is 19.2 Å². The van der Waals surface area contributed by atoms with Crippen molar-refractivity contribution in [3.63, 3.8) is 0 Å². The molecule has 0 fully saturated rings. The largest absolute Gasteiger partial charge is 0.457 e. The monoisotopic (exact) mass is 784 g/mol. The zero-order chi connectivity index (χ0) is 37.2. The summed E-state index contributed by atoms with van der Waals surface area (Å²) in [4.78, 5) is 52.6. The van der Waals surface area contributed by atoms with Gasteiger partial charge in [-0.25, -0.2) is 0 Å². The van der Waals surface area contributed by atoms with E-state index in [-0.39, 0.29) is 17.5 Å². The van der Waals surface area contributed by atoms with Crippen LogP contribution in [0.4, 0.5) is 17.1 Å². The topological polar surface area (TPSA) is 130 Å². The van der Waals surface area contributed by atoms with E-state index in [1.165, 1.54) is 24.8 Å². The van der Waals surface area contributed by atoms with Crippen molar-refractivity contribution in [3.05, 3.63) is 173 Å². The predicted molar refractivity (Wildman–Crippen MR) is 213 cm³/mol. The van der Waals surface area contributed by atoms with Gasteiger partial charge in [-0.2, -0.15) is 0 Å². The Balaban J connectivity index is 1.18. The van der Waals surface area contributed by atoms with Crippen molar-refractivity contribution in [2.75, 3.05) is 16.0 Å². The van der Waals surface area contributed by atoms with Gasteiger partial charge in [0, 0.05) is 50.6 Å². The number of amides is 4. The van der Waals surface area contributed by atoms with Gasteiger partial charge in [-0.3, -0.25) is 19.2 Å². The lowest BCUT2D eigenvalue weighted by atomic mass is 10.1.